The van der Waals surface area contributed by atoms with Crippen molar-refractivity contribution in [2.24, 2.45) is 0 Å². The Morgan fingerprint density at radius 3 is 2.56 bits per heavy atom. The highest BCUT2D eigenvalue weighted by Gasteiger charge is 2.26. The molecular weight excluding hydrogens is 328 g/mol. The number of benzene rings is 1. The fourth-order valence-electron chi connectivity index (χ4n) is 2.42. The van der Waals surface area contributed by atoms with Crippen LogP contribution in [0.5, 0.6) is 0 Å². The van der Waals surface area contributed by atoms with Crippen molar-refractivity contribution in [1.29, 1.82) is 0 Å². The summed E-state index contributed by atoms with van der Waals surface area (Å²) in [5, 5.41) is 13.7. The first-order chi connectivity index (χ1) is 11.6. The molecule has 0 radical (unpaired) electrons. The van der Waals surface area contributed by atoms with E-state index in [0.29, 0.717) is 18.8 Å². The Balaban J connectivity index is 2.24. The maximum atomic E-state index is 12.1. The number of anilines is 2. The Kier molecular flexibility index (Phi) is 5.27. The van der Waals surface area contributed by atoms with E-state index in [4.69, 9.17) is 4.74 Å². The predicted octanol–water partition coefficient (Wildman–Crippen LogP) is 2.22. The average molecular weight is 350 g/mol. The van der Waals surface area contributed by atoms with Gasteiger partial charge >= 0.3 is 6.09 Å². The van der Waals surface area contributed by atoms with E-state index < -0.39 is 16.6 Å². The lowest BCUT2D eigenvalue weighted by Crippen LogP contribution is -2.48. The summed E-state index contributed by atoms with van der Waals surface area (Å²) in [5.74, 6) is -0.129. The van der Waals surface area contributed by atoms with Crippen LogP contribution in [-0.4, -0.2) is 54.1 Å². The van der Waals surface area contributed by atoms with E-state index in [-0.39, 0.29) is 23.8 Å². The molecule has 1 fully saturated rings. The third-order valence-electron chi connectivity index (χ3n) is 3.54. The molecule has 1 N–H and O–H groups in total. The number of amides is 2. The first-order valence-corrected chi connectivity index (χ1v) is 7.84. The molecule has 1 aromatic rings. The van der Waals surface area contributed by atoms with Crippen LogP contribution >= 0.6 is 0 Å². The highest BCUT2D eigenvalue weighted by molar-refractivity contribution is 5.97. The minimum absolute atomic E-state index is 0.0181. The summed E-state index contributed by atoms with van der Waals surface area (Å²) in [6, 6.07) is 4.27. The number of nitro groups is 1. The number of nitrogens with one attached hydrogen (secondary N) is 1. The van der Waals surface area contributed by atoms with Crippen molar-refractivity contribution in [3.63, 3.8) is 0 Å². The molecule has 0 aromatic heterocycles. The number of carbonyl (C=O) groups is 2. The van der Waals surface area contributed by atoms with E-state index in [0.717, 1.165) is 0 Å². The second-order valence-corrected chi connectivity index (χ2v) is 6.87. The van der Waals surface area contributed by atoms with Gasteiger partial charge < -0.3 is 9.64 Å². The number of ether oxygens (including phenoxy) is 1. The van der Waals surface area contributed by atoms with Crippen molar-refractivity contribution in [1.82, 2.24) is 4.90 Å². The van der Waals surface area contributed by atoms with Gasteiger partial charge in [0.1, 0.15) is 11.3 Å². The molecule has 0 spiro atoms. The summed E-state index contributed by atoms with van der Waals surface area (Å²) in [5.41, 5.74) is -0.565. The van der Waals surface area contributed by atoms with Gasteiger partial charge in [-0.1, -0.05) is 0 Å². The Morgan fingerprint density at radius 2 is 2.00 bits per heavy atom. The second kappa shape index (κ2) is 7.06. The molecule has 136 valence electrons. The minimum Gasteiger partial charge on any atom is -0.444 e. The molecule has 1 aliphatic heterocycles. The van der Waals surface area contributed by atoms with Gasteiger partial charge in [0.15, 0.2) is 0 Å². The van der Waals surface area contributed by atoms with Gasteiger partial charge in [0, 0.05) is 19.2 Å². The van der Waals surface area contributed by atoms with E-state index in [1.807, 2.05) is 11.9 Å². The molecule has 0 saturated carbocycles. The summed E-state index contributed by atoms with van der Waals surface area (Å²) in [4.78, 5) is 38.1. The maximum absolute atomic E-state index is 12.1. The fourth-order valence-corrected chi connectivity index (χ4v) is 2.42. The predicted molar refractivity (Wildman–Crippen MR) is 92.8 cm³/mol. The number of hydrogen-bond donors (Lipinski definition) is 1. The van der Waals surface area contributed by atoms with Gasteiger partial charge in [-0.2, -0.15) is 0 Å². The molecule has 2 amide bonds. The molecule has 1 saturated heterocycles. The Labute approximate surface area is 145 Å². The molecule has 1 aliphatic rings. The first-order valence-electron chi connectivity index (χ1n) is 7.84. The topological polar surface area (TPSA) is 105 Å². The van der Waals surface area contributed by atoms with Gasteiger partial charge in [0.05, 0.1) is 17.2 Å². The SMILES string of the molecule is CN1CCN(c2ccc(NC(=O)OC(C)(C)C)c([N+](=O)[O-])c2)C(=O)C1. The third kappa shape index (κ3) is 4.90. The van der Waals surface area contributed by atoms with Crippen LogP contribution in [0.1, 0.15) is 20.8 Å². The number of nitrogens with zero attached hydrogens (tertiary/aromatic N) is 3. The summed E-state index contributed by atoms with van der Waals surface area (Å²) in [7, 11) is 1.84. The quantitative estimate of drug-likeness (QED) is 0.662. The minimum atomic E-state index is -0.779. The molecule has 1 heterocycles. The van der Waals surface area contributed by atoms with Crippen LogP contribution in [0.25, 0.3) is 0 Å². The number of likely N-dealkylation sites (N-methyl/N-ethyl adjacent to an activating group) is 1. The van der Waals surface area contributed by atoms with E-state index >= 15 is 0 Å². The monoisotopic (exact) mass is 350 g/mol. The molecule has 0 unspecified atom stereocenters. The third-order valence-corrected chi connectivity index (χ3v) is 3.54. The molecule has 9 heteroatoms. The number of carbonyl (C=O) groups excluding carboxylic acids is 2. The lowest BCUT2D eigenvalue weighted by atomic mass is 10.2. The second-order valence-electron chi connectivity index (χ2n) is 6.87. The van der Waals surface area contributed by atoms with E-state index in [1.54, 1.807) is 26.8 Å². The van der Waals surface area contributed by atoms with Crippen molar-refractivity contribution in [2.75, 3.05) is 36.9 Å². The first kappa shape index (κ1) is 18.7. The van der Waals surface area contributed by atoms with Crippen molar-refractivity contribution < 1.29 is 19.2 Å². The number of rotatable bonds is 3. The lowest BCUT2D eigenvalue weighted by molar-refractivity contribution is -0.383. The van der Waals surface area contributed by atoms with Gasteiger partial charge in [0.2, 0.25) is 5.91 Å². The largest absolute Gasteiger partial charge is 0.444 e. The van der Waals surface area contributed by atoms with Gasteiger partial charge in [-0.05, 0) is 40.0 Å². The molecular formula is C16H22N4O5. The van der Waals surface area contributed by atoms with Gasteiger partial charge in [-0.25, -0.2) is 4.79 Å². The Morgan fingerprint density at radius 1 is 1.32 bits per heavy atom. The zero-order chi connectivity index (χ0) is 18.8. The van der Waals surface area contributed by atoms with Crippen LogP contribution < -0.4 is 10.2 Å². The Bertz CT molecular complexity index is 698. The van der Waals surface area contributed by atoms with Gasteiger partial charge in [-0.15, -0.1) is 0 Å². The molecule has 0 bridgehead atoms. The van der Waals surface area contributed by atoms with Crippen LogP contribution in [0.4, 0.5) is 21.9 Å². The van der Waals surface area contributed by atoms with E-state index in [1.165, 1.54) is 17.0 Å². The van der Waals surface area contributed by atoms with Crippen LogP contribution in [0.3, 0.4) is 0 Å². The lowest BCUT2D eigenvalue weighted by Gasteiger charge is -2.32. The van der Waals surface area contributed by atoms with Gasteiger partial charge in [-0.3, -0.25) is 25.1 Å². The Hall–Kier alpha value is -2.68. The van der Waals surface area contributed by atoms with Crippen LogP contribution in [0.15, 0.2) is 18.2 Å². The van der Waals surface area contributed by atoms with Crippen molar-refractivity contribution in [2.45, 2.75) is 26.4 Å². The highest BCUT2D eigenvalue weighted by atomic mass is 16.6. The van der Waals surface area contributed by atoms with E-state index in [2.05, 4.69) is 5.32 Å². The molecule has 0 atom stereocenters. The summed E-state index contributed by atoms with van der Waals surface area (Å²) in [6.45, 7) is 6.48. The van der Waals surface area contributed by atoms with Crippen LogP contribution in [0, 0.1) is 10.1 Å². The van der Waals surface area contributed by atoms with Crippen molar-refractivity contribution in [3.05, 3.63) is 28.3 Å². The summed E-state index contributed by atoms with van der Waals surface area (Å²) < 4.78 is 5.11. The molecule has 0 aliphatic carbocycles. The van der Waals surface area contributed by atoms with Crippen molar-refractivity contribution in [3.8, 4) is 0 Å². The zero-order valence-electron chi connectivity index (χ0n) is 14.7. The van der Waals surface area contributed by atoms with Crippen LogP contribution in [-0.2, 0) is 9.53 Å². The standard InChI is InChI=1S/C16H22N4O5/c1-16(2,3)25-15(22)17-12-6-5-11(9-13(12)20(23)24)19-8-7-18(4)10-14(19)21/h5-6,9H,7-8,10H2,1-4H3,(H,17,22). The maximum Gasteiger partial charge on any atom is 0.412 e. The zero-order valence-corrected chi connectivity index (χ0v) is 14.7. The highest BCUT2D eigenvalue weighted by Crippen LogP contribution is 2.30. The summed E-state index contributed by atoms with van der Waals surface area (Å²) in [6.07, 6.45) is -0.779. The number of piperazine rings is 1. The van der Waals surface area contributed by atoms with Crippen LogP contribution in [0.2, 0.25) is 0 Å². The summed E-state index contributed by atoms with van der Waals surface area (Å²) >= 11 is 0. The number of hydrogen-bond acceptors (Lipinski definition) is 6. The van der Waals surface area contributed by atoms with Gasteiger partial charge in [0.25, 0.3) is 5.69 Å². The van der Waals surface area contributed by atoms with Crippen molar-refractivity contribution >= 4 is 29.1 Å². The molecule has 1 aromatic carbocycles. The van der Waals surface area contributed by atoms with E-state index in [9.17, 15) is 19.7 Å². The normalized spacial score (nSPS) is 15.8. The fraction of sp³-hybridized carbons (Fsp3) is 0.500. The average Bonchev–Trinajstić information content (AvgIpc) is 2.45. The molecule has 25 heavy (non-hydrogen) atoms. The molecule has 2 rings (SSSR count). The molecule has 9 nitrogen and oxygen atoms in total. The smallest absolute Gasteiger partial charge is 0.412 e. The number of nitro benzene ring substituents is 1.